The summed E-state index contributed by atoms with van der Waals surface area (Å²) in [5.74, 6) is 1.39. The zero-order valence-electron chi connectivity index (χ0n) is 9.70. The van der Waals surface area contributed by atoms with Gasteiger partial charge in [0.25, 0.3) is 0 Å². The molecule has 2 aliphatic carbocycles. The summed E-state index contributed by atoms with van der Waals surface area (Å²) < 4.78 is 0. The van der Waals surface area contributed by atoms with Gasteiger partial charge >= 0.3 is 0 Å². The SMILES string of the molecule is C[C@@H]1CC=CC2CCC(CC=O)=C[C@]21C. The van der Waals surface area contributed by atoms with Crippen LogP contribution in [0.5, 0.6) is 0 Å². The molecule has 0 spiro atoms. The third kappa shape index (κ3) is 1.80. The molecule has 15 heavy (non-hydrogen) atoms. The van der Waals surface area contributed by atoms with Crippen molar-refractivity contribution >= 4 is 6.29 Å². The van der Waals surface area contributed by atoms with E-state index >= 15 is 0 Å². The van der Waals surface area contributed by atoms with Crippen molar-refractivity contribution in [3.63, 3.8) is 0 Å². The second-order valence-corrected chi connectivity index (χ2v) is 5.25. The van der Waals surface area contributed by atoms with E-state index in [1.54, 1.807) is 0 Å². The van der Waals surface area contributed by atoms with Crippen molar-refractivity contribution in [1.29, 1.82) is 0 Å². The molecule has 3 atom stereocenters. The summed E-state index contributed by atoms with van der Waals surface area (Å²) in [6.07, 6.45) is 12.3. The van der Waals surface area contributed by atoms with Gasteiger partial charge in [0.1, 0.15) is 6.29 Å². The Morgan fingerprint density at radius 1 is 1.60 bits per heavy atom. The zero-order chi connectivity index (χ0) is 10.9. The molecular weight excluding hydrogens is 184 g/mol. The summed E-state index contributed by atoms with van der Waals surface area (Å²) in [4.78, 5) is 10.6. The fraction of sp³-hybridized carbons (Fsp3) is 0.643. The fourth-order valence-electron chi connectivity index (χ4n) is 3.05. The highest BCUT2D eigenvalue weighted by Crippen LogP contribution is 2.49. The third-order valence-electron chi connectivity index (χ3n) is 4.36. The van der Waals surface area contributed by atoms with Crippen molar-refractivity contribution in [3.8, 4) is 0 Å². The monoisotopic (exact) mass is 204 g/mol. The van der Waals surface area contributed by atoms with E-state index in [2.05, 4.69) is 32.1 Å². The molecule has 2 rings (SSSR count). The second-order valence-electron chi connectivity index (χ2n) is 5.25. The molecule has 2 aliphatic rings. The molecule has 0 N–H and O–H groups in total. The van der Waals surface area contributed by atoms with Crippen LogP contribution in [0.4, 0.5) is 0 Å². The minimum atomic E-state index is 0.297. The molecule has 0 aromatic heterocycles. The van der Waals surface area contributed by atoms with Crippen LogP contribution >= 0.6 is 0 Å². The van der Waals surface area contributed by atoms with Crippen LogP contribution in [-0.4, -0.2) is 6.29 Å². The van der Waals surface area contributed by atoms with E-state index in [1.165, 1.54) is 18.4 Å². The van der Waals surface area contributed by atoms with Crippen molar-refractivity contribution in [2.24, 2.45) is 17.3 Å². The number of hydrogen-bond acceptors (Lipinski definition) is 1. The Hall–Kier alpha value is -0.850. The van der Waals surface area contributed by atoms with E-state index < -0.39 is 0 Å². The minimum absolute atomic E-state index is 0.297. The molecule has 0 aromatic carbocycles. The van der Waals surface area contributed by atoms with Crippen LogP contribution in [0.3, 0.4) is 0 Å². The number of fused-ring (bicyclic) bond motifs is 1. The van der Waals surface area contributed by atoms with Crippen molar-refractivity contribution in [1.82, 2.24) is 0 Å². The summed E-state index contributed by atoms with van der Waals surface area (Å²) in [5.41, 5.74) is 1.65. The molecule has 0 saturated carbocycles. The van der Waals surface area contributed by atoms with E-state index in [1.807, 2.05) is 0 Å². The largest absolute Gasteiger partial charge is 0.303 e. The van der Waals surface area contributed by atoms with Crippen LogP contribution in [0.15, 0.2) is 23.8 Å². The van der Waals surface area contributed by atoms with Gasteiger partial charge in [0.15, 0.2) is 0 Å². The smallest absolute Gasteiger partial charge is 0.124 e. The standard InChI is InChI=1S/C14H20O/c1-11-4-3-5-13-7-6-12(8-9-15)10-14(11,13)2/h3,5,9-11,13H,4,6-8H2,1-2H3/t11-,13?,14+/m1/s1. The highest BCUT2D eigenvalue weighted by atomic mass is 16.1. The van der Waals surface area contributed by atoms with Crippen LogP contribution in [0.1, 0.15) is 39.5 Å². The summed E-state index contributed by atoms with van der Waals surface area (Å²) in [6.45, 7) is 4.69. The van der Waals surface area contributed by atoms with Crippen molar-refractivity contribution in [2.45, 2.75) is 39.5 Å². The van der Waals surface area contributed by atoms with E-state index in [9.17, 15) is 4.79 Å². The molecule has 0 aromatic rings. The average Bonchev–Trinajstić information content (AvgIpc) is 2.20. The molecule has 1 heteroatoms. The summed E-state index contributed by atoms with van der Waals surface area (Å²) in [7, 11) is 0. The Morgan fingerprint density at radius 2 is 2.40 bits per heavy atom. The summed E-state index contributed by atoms with van der Waals surface area (Å²) >= 11 is 0. The van der Waals surface area contributed by atoms with Gasteiger partial charge in [-0.05, 0) is 36.5 Å². The average molecular weight is 204 g/mol. The molecule has 0 saturated heterocycles. The number of allylic oxidation sites excluding steroid dienone is 4. The van der Waals surface area contributed by atoms with Crippen molar-refractivity contribution in [2.75, 3.05) is 0 Å². The van der Waals surface area contributed by atoms with Gasteiger partial charge in [0.2, 0.25) is 0 Å². The first kappa shape index (κ1) is 10.7. The Morgan fingerprint density at radius 3 is 3.13 bits per heavy atom. The molecule has 0 heterocycles. The molecule has 0 fully saturated rings. The maximum atomic E-state index is 10.6. The first-order valence-electron chi connectivity index (χ1n) is 5.97. The Bertz CT molecular complexity index is 313. The van der Waals surface area contributed by atoms with Gasteiger partial charge in [-0.3, -0.25) is 0 Å². The molecule has 1 nitrogen and oxygen atoms in total. The maximum Gasteiger partial charge on any atom is 0.124 e. The van der Waals surface area contributed by atoms with Crippen molar-refractivity contribution in [3.05, 3.63) is 23.8 Å². The van der Waals surface area contributed by atoms with E-state index in [-0.39, 0.29) is 0 Å². The lowest BCUT2D eigenvalue weighted by molar-refractivity contribution is -0.107. The lowest BCUT2D eigenvalue weighted by Gasteiger charge is -2.45. The van der Waals surface area contributed by atoms with Gasteiger partial charge in [-0.15, -0.1) is 0 Å². The van der Waals surface area contributed by atoms with Crippen LogP contribution in [-0.2, 0) is 4.79 Å². The van der Waals surface area contributed by atoms with Gasteiger partial charge in [-0.2, -0.15) is 0 Å². The maximum absolute atomic E-state index is 10.6. The molecule has 0 amide bonds. The van der Waals surface area contributed by atoms with E-state index in [4.69, 9.17) is 0 Å². The lowest BCUT2D eigenvalue weighted by Crippen LogP contribution is -2.36. The summed E-state index contributed by atoms with van der Waals surface area (Å²) in [5, 5.41) is 0. The molecule has 0 aliphatic heterocycles. The number of aldehydes is 1. The normalized spacial score (nSPS) is 39.5. The first-order chi connectivity index (χ1) is 7.16. The van der Waals surface area contributed by atoms with Gasteiger partial charge in [0, 0.05) is 6.42 Å². The summed E-state index contributed by atoms with van der Waals surface area (Å²) in [6, 6.07) is 0. The quantitative estimate of drug-likeness (QED) is 0.497. The Labute approximate surface area is 92.3 Å². The van der Waals surface area contributed by atoms with Gasteiger partial charge in [-0.1, -0.05) is 37.6 Å². The first-order valence-corrected chi connectivity index (χ1v) is 5.97. The van der Waals surface area contributed by atoms with Crippen LogP contribution in [0.2, 0.25) is 0 Å². The number of carbonyl (C=O) groups is 1. The molecule has 0 bridgehead atoms. The van der Waals surface area contributed by atoms with E-state index in [0.29, 0.717) is 23.7 Å². The molecular formula is C14H20O. The number of rotatable bonds is 2. The van der Waals surface area contributed by atoms with Crippen LogP contribution < -0.4 is 0 Å². The van der Waals surface area contributed by atoms with Gasteiger partial charge in [0.05, 0.1) is 0 Å². The second kappa shape index (κ2) is 3.96. The van der Waals surface area contributed by atoms with Crippen LogP contribution in [0, 0.1) is 17.3 Å². The third-order valence-corrected chi connectivity index (χ3v) is 4.36. The van der Waals surface area contributed by atoms with Crippen LogP contribution in [0.25, 0.3) is 0 Å². The predicted molar refractivity (Wildman–Crippen MR) is 62.5 cm³/mol. The zero-order valence-corrected chi connectivity index (χ0v) is 9.70. The van der Waals surface area contributed by atoms with Gasteiger partial charge < -0.3 is 4.79 Å². The minimum Gasteiger partial charge on any atom is -0.303 e. The highest BCUT2D eigenvalue weighted by Gasteiger charge is 2.39. The Kier molecular flexibility index (Phi) is 2.81. The molecule has 0 radical (unpaired) electrons. The van der Waals surface area contributed by atoms with E-state index in [0.717, 1.165) is 12.7 Å². The fourth-order valence-corrected chi connectivity index (χ4v) is 3.05. The number of hydrogen-bond donors (Lipinski definition) is 0. The molecule has 1 unspecified atom stereocenters. The lowest BCUT2D eigenvalue weighted by atomic mass is 9.60. The predicted octanol–water partition coefficient (Wildman–Crippen LogP) is 3.51. The Balaban J connectivity index is 2.29. The highest BCUT2D eigenvalue weighted by molar-refractivity contribution is 5.54. The number of carbonyl (C=O) groups excluding carboxylic acids is 1. The topological polar surface area (TPSA) is 17.1 Å². The molecule has 82 valence electrons. The van der Waals surface area contributed by atoms with Crippen molar-refractivity contribution < 1.29 is 4.79 Å². The van der Waals surface area contributed by atoms with Gasteiger partial charge in [-0.25, -0.2) is 0 Å².